The fourth-order valence-electron chi connectivity index (χ4n) is 3.15. The van der Waals surface area contributed by atoms with E-state index >= 15 is 0 Å². The van der Waals surface area contributed by atoms with Gasteiger partial charge in [0.25, 0.3) is 10.0 Å². The lowest BCUT2D eigenvalue weighted by Gasteiger charge is -2.12. The van der Waals surface area contributed by atoms with Gasteiger partial charge in [-0.05, 0) is 42.5 Å². The van der Waals surface area contributed by atoms with Gasteiger partial charge in [0.2, 0.25) is 5.88 Å². The zero-order valence-electron chi connectivity index (χ0n) is 17.3. The van der Waals surface area contributed by atoms with Gasteiger partial charge in [0.1, 0.15) is 12.1 Å². The van der Waals surface area contributed by atoms with Gasteiger partial charge in [-0.15, -0.1) is 0 Å². The number of hydrogen-bond acceptors (Lipinski definition) is 8. The van der Waals surface area contributed by atoms with Gasteiger partial charge in [0.05, 0.1) is 18.1 Å². The topological polar surface area (TPSA) is 117 Å². The van der Waals surface area contributed by atoms with Gasteiger partial charge in [0, 0.05) is 36.6 Å². The molecule has 3 heterocycles. The van der Waals surface area contributed by atoms with Crippen LogP contribution in [0.2, 0.25) is 0 Å². The maximum Gasteiger partial charge on any atom is 0.262 e. The van der Waals surface area contributed by atoms with Crippen molar-refractivity contribution in [1.82, 2.24) is 19.7 Å². The first kappa shape index (κ1) is 20.8. The Morgan fingerprint density at radius 1 is 0.970 bits per heavy atom. The number of rotatable bonds is 6. The van der Waals surface area contributed by atoms with E-state index in [9.17, 15) is 8.42 Å². The van der Waals surface area contributed by atoms with E-state index in [0.29, 0.717) is 47.8 Å². The molecule has 2 aromatic carbocycles. The van der Waals surface area contributed by atoms with Crippen LogP contribution in [-0.2, 0) is 10.0 Å². The molecule has 0 unspecified atom stereocenters. The van der Waals surface area contributed by atoms with Crippen LogP contribution < -0.4 is 18.9 Å². The van der Waals surface area contributed by atoms with Gasteiger partial charge in [-0.3, -0.25) is 4.72 Å². The highest BCUT2D eigenvalue weighted by atomic mass is 32.2. The van der Waals surface area contributed by atoms with Crippen molar-refractivity contribution in [1.29, 1.82) is 0 Å². The molecule has 0 fully saturated rings. The molecule has 2 aromatic heterocycles. The van der Waals surface area contributed by atoms with Gasteiger partial charge in [-0.1, -0.05) is 0 Å². The van der Waals surface area contributed by atoms with E-state index < -0.39 is 10.0 Å². The second-order valence-corrected chi connectivity index (χ2v) is 8.74. The summed E-state index contributed by atoms with van der Waals surface area (Å²) in [7, 11) is -3.82. The second kappa shape index (κ2) is 8.79. The summed E-state index contributed by atoms with van der Waals surface area (Å²) in [5.74, 6) is 2.33. The molecule has 0 spiro atoms. The molecule has 1 aliphatic rings. The lowest BCUT2D eigenvalue weighted by atomic mass is 10.3. The summed E-state index contributed by atoms with van der Waals surface area (Å²) >= 11 is 0. The number of ether oxygens (including phenoxy) is 3. The number of benzene rings is 2. The fraction of sp³-hybridized carbons (Fsp3) is 0.136. The van der Waals surface area contributed by atoms with Gasteiger partial charge < -0.3 is 14.2 Å². The Labute approximate surface area is 189 Å². The number of sulfonamides is 1. The molecule has 0 saturated heterocycles. The monoisotopic (exact) mass is 465 g/mol. The highest BCUT2D eigenvalue weighted by Gasteiger charge is 2.19. The Kier molecular flexibility index (Phi) is 5.53. The number of hydrogen-bond donors (Lipinski definition) is 1. The van der Waals surface area contributed by atoms with E-state index in [-0.39, 0.29) is 4.90 Å². The molecule has 1 N–H and O–H groups in total. The maximum atomic E-state index is 12.8. The third kappa shape index (κ3) is 4.72. The molecule has 1 aliphatic heterocycles. The first-order chi connectivity index (χ1) is 16.1. The smallest absolute Gasteiger partial charge is 0.262 e. The van der Waals surface area contributed by atoms with Crippen molar-refractivity contribution in [2.45, 2.75) is 11.3 Å². The van der Waals surface area contributed by atoms with Crippen LogP contribution in [0.1, 0.15) is 6.42 Å². The minimum absolute atomic E-state index is 0.0826. The van der Waals surface area contributed by atoms with Crippen molar-refractivity contribution in [3.05, 3.63) is 73.3 Å². The Morgan fingerprint density at radius 3 is 2.58 bits per heavy atom. The molecular formula is C22H19N5O5S. The van der Waals surface area contributed by atoms with Crippen molar-refractivity contribution >= 4 is 15.7 Å². The first-order valence-corrected chi connectivity index (χ1v) is 11.6. The summed E-state index contributed by atoms with van der Waals surface area (Å²) < 4.78 is 46.7. The summed E-state index contributed by atoms with van der Waals surface area (Å²) in [6.07, 6.45) is 5.53. The SMILES string of the molecule is O=S(=O)(Nc1ccc(Oc2cc(-n3cccn3)ncn2)cc1)c1ccc2c(c1)OCCCO2. The number of fused-ring (bicyclic) bond motifs is 1. The second-order valence-electron chi connectivity index (χ2n) is 7.06. The lowest BCUT2D eigenvalue weighted by Crippen LogP contribution is -2.13. The molecule has 0 aliphatic carbocycles. The van der Waals surface area contributed by atoms with E-state index in [1.807, 2.05) is 0 Å². The Morgan fingerprint density at radius 2 is 1.79 bits per heavy atom. The van der Waals surface area contributed by atoms with E-state index in [4.69, 9.17) is 14.2 Å². The molecule has 33 heavy (non-hydrogen) atoms. The fourth-order valence-corrected chi connectivity index (χ4v) is 4.23. The van der Waals surface area contributed by atoms with Crippen LogP contribution in [0.3, 0.4) is 0 Å². The first-order valence-electron chi connectivity index (χ1n) is 10.1. The third-order valence-electron chi connectivity index (χ3n) is 4.72. The van der Waals surface area contributed by atoms with Crippen LogP contribution in [0.5, 0.6) is 23.1 Å². The van der Waals surface area contributed by atoms with Crippen molar-refractivity contribution in [3.8, 4) is 28.9 Å². The predicted octanol–water partition coefficient (Wildman–Crippen LogP) is 3.42. The van der Waals surface area contributed by atoms with Gasteiger partial charge >= 0.3 is 0 Å². The van der Waals surface area contributed by atoms with Crippen molar-refractivity contribution in [2.24, 2.45) is 0 Å². The number of anilines is 1. The predicted molar refractivity (Wildman–Crippen MR) is 119 cm³/mol. The van der Waals surface area contributed by atoms with Crippen LogP contribution in [0, 0.1) is 0 Å². The minimum Gasteiger partial charge on any atom is -0.490 e. The summed E-state index contributed by atoms with van der Waals surface area (Å²) in [6.45, 7) is 1.01. The highest BCUT2D eigenvalue weighted by molar-refractivity contribution is 7.92. The maximum absolute atomic E-state index is 12.8. The van der Waals surface area contributed by atoms with Crippen molar-refractivity contribution in [2.75, 3.05) is 17.9 Å². The average molecular weight is 465 g/mol. The molecule has 0 radical (unpaired) electrons. The number of aromatic nitrogens is 4. The summed E-state index contributed by atoms with van der Waals surface area (Å²) in [5, 5.41) is 4.12. The highest BCUT2D eigenvalue weighted by Crippen LogP contribution is 2.32. The van der Waals surface area contributed by atoms with Crippen LogP contribution in [0.4, 0.5) is 5.69 Å². The normalized spacial score (nSPS) is 13.2. The molecule has 0 saturated carbocycles. The van der Waals surface area contributed by atoms with Gasteiger partial charge in [0.15, 0.2) is 17.3 Å². The summed E-state index contributed by atoms with van der Waals surface area (Å²) in [5.41, 5.74) is 0.384. The standard InChI is InChI=1S/C22H19N5O5S/c28-33(29,18-7-8-19-20(13-18)31-12-2-11-30-19)26-16-3-5-17(6-4-16)32-22-14-21(23-15-24-22)27-10-1-9-25-27/h1,3-10,13-15,26H,2,11-12H2. The van der Waals surface area contributed by atoms with E-state index in [1.54, 1.807) is 59.5 Å². The molecule has 10 nitrogen and oxygen atoms in total. The molecule has 0 atom stereocenters. The molecule has 5 rings (SSSR count). The zero-order valence-corrected chi connectivity index (χ0v) is 18.1. The van der Waals surface area contributed by atoms with Crippen molar-refractivity contribution in [3.63, 3.8) is 0 Å². The van der Waals surface area contributed by atoms with Gasteiger partial charge in [-0.2, -0.15) is 5.10 Å². The number of nitrogens with zero attached hydrogens (tertiary/aromatic N) is 4. The zero-order chi connectivity index (χ0) is 22.7. The summed E-state index contributed by atoms with van der Waals surface area (Å²) in [4.78, 5) is 8.34. The quantitative estimate of drug-likeness (QED) is 0.460. The average Bonchev–Trinajstić information content (AvgIpc) is 3.26. The lowest BCUT2D eigenvalue weighted by molar-refractivity contribution is 0.297. The Hall–Kier alpha value is -4.12. The summed E-state index contributed by atoms with van der Waals surface area (Å²) in [6, 6.07) is 14.5. The molecule has 11 heteroatoms. The Balaban J connectivity index is 1.29. The van der Waals surface area contributed by atoms with Crippen LogP contribution >= 0.6 is 0 Å². The minimum atomic E-state index is -3.82. The van der Waals surface area contributed by atoms with E-state index in [1.165, 1.54) is 18.5 Å². The van der Waals surface area contributed by atoms with E-state index in [0.717, 1.165) is 6.42 Å². The molecule has 0 bridgehead atoms. The van der Waals surface area contributed by atoms with Crippen LogP contribution in [0.25, 0.3) is 5.82 Å². The van der Waals surface area contributed by atoms with Crippen LogP contribution in [0.15, 0.2) is 78.2 Å². The molecule has 0 amide bonds. The third-order valence-corrected chi connectivity index (χ3v) is 6.10. The van der Waals surface area contributed by atoms with Crippen LogP contribution in [-0.4, -0.2) is 41.4 Å². The Bertz CT molecular complexity index is 1360. The molecule has 168 valence electrons. The molecule has 4 aromatic rings. The molecular weight excluding hydrogens is 446 g/mol. The number of nitrogens with one attached hydrogen (secondary N) is 1. The van der Waals surface area contributed by atoms with Gasteiger partial charge in [-0.25, -0.2) is 23.1 Å². The largest absolute Gasteiger partial charge is 0.490 e. The van der Waals surface area contributed by atoms with Crippen molar-refractivity contribution < 1.29 is 22.6 Å². The van der Waals surface area contributed by atoms with E-state index in [2.05, 4.69) is 19.8 Å².